The Labute approximate surface area is 203 Å². The average Bonchev–Trinajstić information content (AvgIpc) is 3.38. The third kappa shape index (κ3) is 3.98. The number of likely N-dealkylation sites (N-methyl/N-ethyl adjacent to an activating group) is 1. The molecule has 0 saturated carbocycles. The van der Waals surface area contributed by atoms with Crippen molar-refractivity contribution < 1.29 is 24.2 Å². The molecule has 3 heterocycles. The summed E-state index contributed by atoms with van der Waals surface area (Å²) in [5.74, 6) is -2.05. The molecule has 3 amide bonds. The van der Waals surface area contributed by atoms with Crippen molar-refractivity contribution in [2.75, 3.05) is 33.3 Å². The SMILES string of the molecule is C=CCN(C)C(=O)[C@@H]1[C@H]2C(=O)N([C@@H](CC)CO)C(C(=O)N(CC=C)CCCC)C23CC[C@@]1(C)O3. The topological polar surface area (TPSA) is 90.4 Å². The van der Waals surface area contributed by atoms with Gasteiger partial charge in [0.1, 0.15) is 11.6 Å². The first-order chi connectivity index (χ1) is 16.2. The maximum atomic E-state index is 14.1. The van der Waals surface area contributed by atoms with Crippen LogP contribution in [-0.4, -0.2) is 94.1 Å². The summed E-state index contributed by atoms with van der Waals surface area (Å²) in [6.07, 6.45) is 6.73. The molecule has 0 aromatic heterocycles. The molecule has 1 N–H and O–H groups in total. The van der Waals surface area contributed by atoms with Gasteiger partial charge in [-0.15, -0.1) is 13.2 Å². The predicted octanol–water partition coefficient (Wildman–Crippen LogP) is 1.98. The first-order valence-electron chi connectivity index (χ1n) is 12.6. The van der Waals surface area contributed by atoms with E-state index in [0.29, 0.717) is 38.9 Å². The third-order valence-corrected chi connectivity index (χ3v) is 8.01. The smallest absolute Gasteiger partial charge is 0.248 e. The van der Waals surface area contributed by atoms with E-state index in [9.17, 15) is 19.5 Å². The van der Waals surface area contributed by atoms with Gasteiger partial charge in [-0.25, -0.2) is 0 Å². The molecule has 8 heteroatoms. The molecule has 1 spiro atoms. The molecular weight excluding hydrogens is 434 g/mol. The van der Waals surface area contributed by atoms with Crippen molar-refractivity contribution in [1.82, 2.24) is 14.7 Å². The minimum Gasteiger partial charge on any atom is -0.394 e. The highest BCUT2D eigenvalue weighted by molar-refractivity contribution is 5.99. The number of carbonyl (C=O) groups excluding carboxylic acids is 3. The zero-order valence-electron chi connectivity index (χ0n) is 21.2. The van der Waals surface area contributed by atoms with Crippen LogP contribution < -0.4 is 0 Å². The van der Waals surface area contributed by atoms with Crippen LogP contribution in [-0.2, 0) is 19.1 Å². The van der Waals surface area contributed by atoms with Crippen LogP contribution in [0.2, 0.25) is 0 Å². The Bertz CT molecular complexity index is 827. The summed E-state index contributed by atoms with van der Waals surface area (Å²) in [7, 11) is 1.70. The second-order valence-electron chi connectivity index (χ2n) is 10.2. The molecule has 2 unspecified atom stereocenters. The Morgan fingerprint density at radius 1 is 1.24 bits per heavy atom. The summed E-state index contributed by atoms with van der Waals surface area (Å²) in [4.78, 5) is 46.5. The highest BCUT2D eigenvalue weighted by Crippen LogP contribution is 2.63. The fourth-order valence-electron chi connectivity index (χ4n) is 6.32. The zero-order valence-corrected chi connectivity index (χ0v) is 21.2. The van der Waals surface area contributed by atoms with Crippen molar-refractivity contribution in [3.63, 3.8) is 0 Å². The van der Waals surface area contributed by atoms with E-state index in [0.717, 1.165) is 12.8 Å². The number of amides is 3. The first kappa shape index (κ1) is 26.4. The van der Waals surface area contributed by atoms with Crippen molar-refractivity contribution in [3.05, 3.63) is 25.3 Å². The van der Waals surface area contributed by atoms with Gasteiger partial charge >= 0.3 is 0 Å². The van der Waals surface area contributed by atoms with Crippen molar-refractivity contribution in [1.29, 1.82) is 0 Å². The number of rotatable bonds is 12. The van der Waals surface area contributed by atoms with Crippen LogP contribution >= 0.6 is 0 Å². The monoisotopic (exact) mass is 475 g/mol. The second kappa shape index (κ2) is 10.2. The molecule has 190 valence electrons. The molecule has 2 bridgehead atoms. The number of ether oxygens (including phenoxy) is 1. The molecule has 3 rings (SSSR count). The Balaban J connectivity index is 2.10. The van der Waals surface area contributed by atoms with E-state index in [-0.39, 0.29) is 24.3 Å². The van der Waals surface area contributed by atoms with Gasteiger partial charge in [0.25, 0.3) is 0 Å². The van der Waals surface area contributed by atoms with Gasteiger partial charge in [-0.3, -0.25) is 14.4 Å². The number of aliphatic hydroxyl groups is 1. The van der Waals surface area contributed by atoms with E-state index in [1.807, 2.05) is 13.8 Å². The minimum atomic E-state index is -1.08. The molecule has 0 aliphatic carbocycles. The molecule has 6 atom stereocenters. The molecule has 3 aliphatic heterocycles. The molecule has 0 aromatic carbocycles. The number of hydrogen-bond donors (Lipinski definition) is 1. The highest BCUT2D eigenvalue weighted by Gasteiger charge is 2.78. The Hall–Kier alpha value is -2.19. The molecule has 0 radical (unpaired) electrons. The van der Waals surface area contributed by atoms with Gasteiger partial charge in [0.15, 0.2) is 0 Å². The number of aliphatic hydroxyl groups excluding tert-OH is 1. The van der Waals surface area contributed by atoms with Crippen LogP contribution in [0.25, 0.3) is 0 Å². The Morgan fingerprint density at radius 2 is 1.91 bits per heavy atom. The van der Waals surface area contributed by atoms with E-state index in [1.54, 1.807) is 33.9 Å². The average molecular weight is 476 g/mol. The lowest BCUT2D eigenvalue weighted by Crippen LogP contribution is -2.58. The van der Waals surface area contributed by atoms with Crippen LogP contribution in [0.15, 0.2) is 25.3 Å². The van der Waals surface area contributed by atoms with E-state index >= 15 is 0 Å². The van der Waals surface area contributed by atoms with Gasteiger partial charge < -0.3 is 24.5 Å². The lowest BCUT2D eigenvalue weighted by Gasteiger charge is -2.39. The molecule has 34 heavy (non-hydrogen) atoms. The van der Waals surface area contributed by atoms with Gasteiger partial charge in [0.2, 0.25) is 17.7 Å². The zero-order chi connectivity index (χ0) is 25.3. The van der Waals surface area contributed by atoms with Crippen LogP contribution in [0, 0.1) is 11.8 Å². The lowest BCUT2D eigenvalue weighted by atomic mass is 9.66. The summed E-state index contributed by atoms with van der Waals surface area (Å²) >= 11 is 0. The fourth-order valence-corrected chi connectivity index (χ4v) is 6.32. The van der Waals surface area contributed by atoms with Crippen molar-refractivity contribution >= 4 is 17.7 Å². The van der Waals surface area contributed by atoms with Crippen LogP contribution in [0.1, 0.15) is 52.9 Å². The van der Waals surface area contributed by atoms with Crippen molar-refractivity contribution in [2.45, 2.75) is 76.2 Å². The van der Waals surface area contributed by atoms with Crippen LogP contribution in [0.3, 0.4) is 0 Å². The van der Waals surface area contributed by atoms with E-state index in [2.05, 4.69) is 20.1 Å². The van der Waals surface area contributed by atoms with Gasteiger partial charge in [-0.2, -0.15) is 0 Å². The Kier molecular flexibility index (Phi) is 7.92. The van der Waals surface area contributed by atoms with Gasteiger partial charge in [0.05, 0.1) is 30.1 Å². The quantitative estimate of drug-likeness (QED) is 0.436. The summed E-state index contributed by atoms with van der Waals surface area (Å²) < 4.78 is 6.65. The summed E-state index contributed by atoms with van der Waals surface area (Å²) in [5.41, 5.74) is -1.89. The van der Waals surface area contributed by atoms with Crippen molar-refractivity contribution in [3.8, 4) is 0 Å². The Morgan fingerprint density at radius 3 is 2.47 bits per heavy atom. The summed E-state index contributed by atoms with van der Waals surface area (Å²) in [5, 5.41) is 10.1. The van der Waals surface area contributed by atoms with Crippen LogP contribution in [0.4, 0.5) is 0 Å². The maximum Gasteiger partial charge on any atom is 0.248 e. The van der Waals surface area contributed by atoms with E-state index in [4.69, 9.17) is 4.74 Å². The number of hydrogen-bond acceptors (Lipinski definition) is 5. The second-order valence-corrected chi connectivity index (χ2v) is 10.2. The number of carbonyl (C=O) groups is 3. The first-order valence-corrected chi connectivity index (χ1v) is 12.6. The number of nitrogens with zero attached hydrogens (tertiary/aromatic N) is 3. The van der Waals surface area contributed by atoms with Gasteiger partial charge in [0, 0.05) is 26.7 Å². The summed E-state index contributed by atoms with van der Waals surface area (Å²) in [6.45, 7) is 14.4. The lowest BCUT2D eigenvalue weighted by molar-refractivity contribution is -0.156. The standard InChI is InChI=1S/C26H41N3O5/c1-7-11-16-28(15-9-3)24(33)21-26-13-12-25(5,34-26)19(22(31)27(6)14-8-2)20(26)23(32)29(21)18(10-4)17-30/h8-9,18-21,30H,2-3,7,10-17H2,1,4-6H3/t18-,19-,20-,21?,25+,26?/m0/s1. The van der Waals surface area contributed by atoms with Gasteiger partial charge in [-0.05, 0) is 32.6 Å². The molecule has 3 aliphatic rings. The number of likely N-dealkylation sites (tertiary alicyclic amines) is 1. The third-order valence-electron chi connectivity index (χ3n) is 8.01. The predicted molar refractivity (Wildman–Crippen MR) is 130 cm³/mol. The number of unbranched alkanes of at least 4 members (excludes halogenated alkanes) is 1. The normalized spacial score (nSPS) is 32.4. The maximum absolute atomic E-state index is 14.1. The van der Waals surface area contributed by atoms with Gasteiger partial charge in [-0.1, -0.05) is 32.4 Å². The van der Waals surface area contributed by atoms with E-state index in [1.165, 1.54) is 0 Å². The summed E-state index contributed by atoms with van der Waals surface area (Å²) in [6, 6.07) is -1.39. The molecule has 8 nitrogen and oxygen atoms in total. The molecule has 3 fully saturated rings. The molecular formula is C26H41N3O5. The van der Waals surface area contributed by atoms with E-state index < -0.39 is 35.1 Å². The van der Waals surface area contributed by atoms with Crippen molar-refractivity contribution in [2.24, 2.45) is 11.8 Å². The largest absolute Gasteiger partial charge is 0.394 e. The minimum absolute atomic E-state index is 0.165. The molecule has 0 aromatic rings. The van der Waals surface area contributed by atoms with Crippen LogP contribution in [0.5, 0.6) is 0 Å². The highest BCUT2D eigenvalue weighted by atomic mass is 16.5. The fraction of sp³-hybridized carbons (Fsp3) is 0.731. The molecule has 3 saturated heterocycles. The number of fused-ring (bicyclic) bond motifs is 1.